The van der Waals surface area contributed by atoms with Gasteiger partial charge >= 0.3 is 0 Å². The van der Waals surface area contributed by atoms with E-state index in [9.17, 15) is 0 Å². The summed E-state index contributed by atoms with van der Waals surface area (Å²) in [4.78, 5) is 0. The number of nitrogens with one attached hydrogen (secondary N) is 1. The van der Waals surface area contributed by atoms with E-state index < -0.39 is 0 Å². The molecule has 1 aromatic carbocycles. The van der Waals surface area contributed by atoms with Gasteiger partial charge in [-0.05, 0) is 48.3 Å². The van der Waals surface area contributed by atoms with Gasteiger partial charge in [-0.3, -0.25) is 0 Å². The average molecular weight is 287 g/mol. The molecule has 0 aromatic heterocycles. The molecule has 0 unspecified atom stereocenters. The van der Waals surface area contributed by atoms with Crippen molar-refractivity contribution in [3.05, 3.63) is 27.7 Å². The van der Waals surface area contributed by atoms with Gasteiger partial charge in [0.2, 0.25) is 0 Å². The van der Waals surface area contributed by atoms with Crippen molar-refractivity contribution in [1.29, 1.82) is 0 Å². The molecule has 2 nitrogen and oxygen atoms in total. The van der Waals surface area contributed by atoms with Crippen LogP contribution in [0.1, 0.15) is 25.0 Å². The molecule has 1 aromatic rings. The van der Waals surface area contributed by atoms with Crippen molar-refractivity contribution in [2.75, 3.05) is 5.32 Å². The van der Waals surface area contributed by atoms with E-state index in [4.69, 9.17) is 18.0 Å². The van der Waals surface area contributed by atoms with Crippen LogP contribution < -0.4 is 11.1 Å². The number of benzene rings is 1. The molecular weight excluding hydrogens is 272 g/mol. The molecule has 82 valence electrons. The second-order valence-corrected chi connectivity index (χ2v) is 4.65. The molecule has 0 aliphatic heterocycles. The topological polar surface area (TPSA) is 38.0 Å². The van der Waals surface area contributed by atoms with Crippen LogP contribution in [0.25, 0.3) is 0 Å². The van der Waals surface area contributed by atoms with E-state index >= 15 is 0 Å². The first-order chi connectivity index (χ1) is 7.08. The molecule has 3 N–H and O–H groups in total. The molecule has 0 saturated heterocycles. The Hall–Kier alpha value is -0.610. The van der Waals surface area contributed by atoms with E-state index in [0.29, 0.717) is 5.11 Å². The van der Waals surface area contributed by atoms with Gasteiger partial charge in [0.05, 0.1) is 0 Å². The largest absolute Gasteiger partial charge is 0.376 e. The van der Waals surface area contributed by atoms with Crippen LogP contribution in [-0.2, 0) is 12.8 Å². The molecule has 0 fully saturated rings. The summed E-state index contributed by atoms with van der Waals surface area (Å²) in [6.45, 7) is 4.23. The number of thiocarbonyl (C=S) groups is 1. The van der Waals surface area contributed by atoms with Gasteiger partial charge < -0.3 is 11.1 Å². The van der Waals surface area contributed by atoms with E-state index in [1.807, 2.05) is 0 Å². The summed E-state index contributed by atoms with van der Waals surface area (Å²) in [5.41, 5.74) is 9.04. The Balaban J connectivity index is 3.23. The van der Waals surface area contributed by atoms with Gasteiger partial charge in [0.1, 0.15) is 0 Å². The van der Waals surface area contributed by atoms with Crippen LogP contribution in [0.15, 0.2) is 16.6 Å². The van der Waals surface area contributed by atoms with Crippen molar-refractivity contribution < 1.29 is 0 Å². The minimum Gasteiger partial charge on any atom is -0.376 e. The highest BCUT2D eigenvalue weighted by Gasteiger charge is 2.08. The van der Waals surface area contributed by atoms with Gasteiger partial charge in [-0.1, -0.05) is 29.8 Å². The second-order valence-electron chi connectivity index (χ2n) is 3.30. The summed E-state index contributed by atoms with van der Waals surface area (Å²) >= 11 is 8.38. The van der Waals surface area contributed by atoms with Crippen molar-refractivity contribution in [2.45, 2.75) is 26.7 Å². The quantitative estimate of drug-likeness (QED) is 0.838. The molecule has 0 bridgehead atoms. The van der Waals surface area contributed by atoms with E-state index in [1.165, 1.54) is 11.1 Å². The summed E-state index contributed by atoms with van der Waals surface area (Å²) in [6, 6.07) is 4.19. The minimum atomic E-state index is 0.321. The Bertz CT molecular complexity index is 352. The highest BCUT2D eigenvalue weighted by molar-refractivity contribution is 9.10. The average Bonchev–Trinajstić information content (AvgIpc) is 2.19. The smallest absolute Gasteiger partial charge is 0.168 e. The third kappa shape index (κ3) is 3.18. The Morgan fingerprint density at radius 1 is 1.33 bits per heavy atom. The first-order valence-corrected chi connectivity index (χ1v) is 6.16. The van der Waals surface area contributed by atoms with Gasteiger partial charge in [0.25, 0.3) is 0 Å². The predicted molar refractivity (Wildman–Crippen MR) is 73.3 cm³/mol. The van der Waals surface area contributed by atoms with Crippen molar-refractivity contribution in [3.63, 3.8) is 0 Å². The number of halogens is 1. The molecule has 0 heterocycles. The highest BCUT2D eigenvalue weighted by Crippen LogP contribution is 2.27. The zero-order valence-corrected chi connectivity index (χ0v) is 11.3. The van der Waals surface area contributed by atoms with E-state index in [1.54, 1.807) is 0 Å². The highest BCUT2D eigenvalue weighted by atomic mass is 79.9. The van der Waals surface area contributed by atoms with E-state index in [2.05, 4.69) is 47.2 Å². The number of nitrogens with two attached hydrogens (primary N) is 1. The van der Waals surface area contributed by atoms with Crippen LogP contribution in [0, 0.1) is 0 Å². The third-order valence-electron chi connectivity index (χ3n) is 2.28. The maximum Gasteiger partial charge on any atom is 0.168 e. The fourth-order valence-electron chi connectivity index (χ4n) is 1.57. The van der Waals surface area contributed by atoms with E-state index in [-0.39, 0.29) is 0 Å². The fraction of sp³-hybridized carbons (Fsp3) is 0.364. The van der Waals surface area contributed by atoms with Crippen LogP contribution in [0.4, 0.5) is 5.69 Å². The molecule has 0 aliphatic carbocycles. The SMILES string of the molecule is CCc1cc(Br)cc(CC)c1NC(N)=S. The fourth-order valence-corrected chi connectivity index (χ4v) is 2.22. The second kappa shape index (κ2) is 5.47. The Morgan fingerprint density at radius 2 is 1.80 bits per heavy atom. The van der Waals surface area contributed by atoms with Crippen molar-refractivity contribution in [2.24, 2.45) is 5.73 Å². The van der Waals surface area contributed by atoms with Crippen LogP contribution in [0.3, 0.4) is 0 Å². The summed E-state index contributed by atoms with van der Waals surface area (Å²) in [5.74, 6) is 0. The summed E-state index contributed by atoms with van der Waals surface area (Å²) in [7, 11) is 0. The molecule has 0 atom stereocenters. The van der Waals surface area contributed by atoms with Crippen molar-refractivity contribution >= 4 is 38.9 Å². The number of hydrogen-bond acceptors (Lipinski definition) is 1. The Morgan fingerprint density at radius 3 is 2.13 bits per heavy atom. The van der Waals surface area contributed by atoms with Gasteiger partial charge in [0.15, 0.2) is 5.11 Å². The summed E-state index contributed by atoms with van der Waals surface area (Å²) < 4.78 is 1.10. The first-order valence-electron chi connectivity index (χ1n) is 4.96. The molecule has 4 heteroatoms. The molecule has 0 spiro atoms. The van der Waals surface area contributed by atoms with E-state index in [0.717, 1.165) is 23.0 Å². The Labute approximate surface area is 104 Å². The molecule has 15 heavy (non-hydrogen) atoms. The molecule has 0 saturated carbocycles. The number of hydrogen-bond donors (Lipinski definition) is 2. The zero-order chi connectivity index (χ0) is 11.4. The monoisotopic (exact) mass is 286 g/mol. The molecule has 0 amide bonds. The van der Waals surface area contributed by atoms with Gasteiger partial charge in [-0.2, -0.15) is 0 Å². The molecular formula is C11H15BrN2S. The van der Waals surface area contributed by atoms with Gasteiger partial charge in [0, 0.05) is 10.2 Å². The molecule has 1 rings (SSSR count). The maximum absolute atomic E-state index is 5.52. The number of rotatable bonds is 3. The zero-order valence-electron chi connectivity index (χ0n) is 8.93. The molecule has 0 aliphatic rings. The van der Waals surface area contributed by atoms with Crippen molar-refractivity contribution in [1.82, 2.24) is 0 Å². The summed E-state index contributed by atoms with van der Waals surface area (Å²) in [5, 5.41) is 3.38. The van der Waals surface area contributed by atoms with Crippen molar-refractivity contribution in [3.8, 4) is 0 Å². The minimum absolute atomic E-state index is 0.321. The normalized spacial score (nSPS) is 10.1. The number of anilines is 1. The lowest BCUT2D eigenvalue weighted by molar-refractivity contribution is 1.09. The van der Waals surface area contributed by atoms with Crippen LogP contribution in [-0.4, -0.2) is 5.11 Å². The lowest BCUT2D eigenvalue weighted by Gasteiger charge is -2.15. The summed E-state index contributed by atoms with van der Waals surface area (Å²) in [6.07, 6.45) is 1.91. The van der Waals surface area contributed by atoms with Crippen LogP contribution >= 0.6 is 28.1 Å². The number of aryl methyl sites for hydroxylation is 2. The van der Waals surface area contributed by atoms with Gasteiger partial charge in [-0.25, -0.2) is 0 Å². The first kappa shape index (κ1) is 12.5. The Kier molecular flexibility index (Phi) is 4.54. The lowest BCUT2D eigenvalue weighted by atomic mass is 10.0. The van der Waals surface area contributed by atoms with Crippen LogP contribution in [0.5, 0.6) is 0 Å². The molecule has 0 radical (unpaired) electrons. The van der Waals surface area contributed by atoms with Gasteiger partial charge in [-0.15, -0.1) is 0 Å². The maximum atomic E-state index is 5.52. The standard InChI is InChI=1S/C11H15BrN2S/c1-3-7-5-9(12)6-8(4-2)10(7)14-11(13)15/h5-6H,3-4H2,1-2H3,(H3,13,14,15). The van der Waals surface area contributed by atoms with Crippen LogP contribution in [0.2, 0.25) is 0 Å². The third-order valence-corrected chi connectivity index (χ3v) is 2.84. The predicted octanol–water partition coefficient (Wildman–Crippen LogP) is 3.23. The lowest BCUT2D eigenvalue weighted by Crippen LogP contribution is -2.20.